The van der Waals surface area contributed by atoms with E-state index in [2.05, 4.69) is 30.3 Å². The Kier molecular flexibility index (Phi) is 2.78. The zero-order chi connectivity index (χ0) is 12.5. The summed E-state index contributed by atoms with van der Waals surface area (Å²) in [5.74, 6) is 0.596. The number of benzene rings is 2. The number of hydrogen-bond donors (Lipinski definition) is 0. The van der Waals surface area contributed by atoms with Gasteiger partial charge in [-0.3, -0.25) is 4.79 Å². The summed E-state index contributed by atoms with van der Waals surface area (Å²) < 4.78 is 0. The summed E-state index contributed by atoms with van der Waals surface area (Å²) in [6.07, 6.45) is 2.14. The monoisotopic (exact) mass is 239 g/mol. The molecule has 0 aliphatic heterocycles. The number of fused-ring (bicyclic) bond motifs is 1. The average Bonchev–Trinajstić information content (AvgIpc) is 3.22. The molecule has 3 rings (SSSR count). The fraction of sp³-hybridized carbons (Fsp3) is 0.312. The second-order valence-corrected chi connectivity index (χ2v) is 5.15. The average molecular weight is 239 g/mol. The molecule has 0 heterocycles. The van der Waals surface area contributed by atoms with E-state index in [0.717, 1.165) is 12.8 Å². The molecule has 0 bridgehead atoms. The van der Waals surface area contributed by atoms with Gasteiger partial charge in [0.1, 0.15) is 0 Å². The van der Waals surface area contributed by atoms with Gasteiger partial charge in [-0.1, -0.05) is 36.4 Å². The maximum atomic E-state index is 11.9. The highest BCUT2D eigenvalue weighted by Crippen LogP contribution is 2.31. The lowest BCUT2D eigenvalue weighted by Gasteiger charge is -2.17. The highest BCUT2D eigenvalue weighted by molar-refractivity contribution is 5.83. The molecule has 2 aromatic rings. The SMILES string of the molecule is CN(Cc1ccc2ccccc2c1)C(=O)C1CC1. The first-order valence-corrected chi connectivity index (χ1v) is 6.47. The molecule has 1 aliphatic carbocycles. The number of carbonyl (C=O) groups is 1. The molecule has 0 radical (unpaired) electrons. The van der Waals surface area contributed by atoms with E-state index in [1.807, 2.05) is 24.1 Å². The third kappa shape index (κ3) is 2.23. The van der Waals surface area contributed by atoms with E-state index >= 15 is 0 Å². The predicted molar refractivity (Wildman–Crippen MR) is 73.1 cm³/mol. The molecule has 92 valence electrons. The van der Waals surface area contributed by atoms with Gasteiger partial charge in [-0.2, -0.15) is 0 Å². The molecule has 18 heavy (non-hydrogen) atoms. The number of rotatable bonds is 3. The van der Waals surface area contributed by atoms with Crippen LogP contribution >= 0.6 is 0 Å². The fourth-order valence-electron chi connectivity index (χ4n) is 2.33. The molecular weight excluding hydrogens is 222 g/mol. The van der Waals surface area contributed by atoms with Crippen molar-refractivity contribution in [2.24, 2.45) is 5.92 Å². The Hall–Kier alpha value is -1.83. The minimum atomic E-state index is 0.295. The van der Waals surface area contributed by atoms with Gasteiger partial charge in [0.2, 0.25) is 5.91 Å². The van der Waals surface area contributed by atoms with Crippen molar-refractivity contribution in [3.8, 4) is 0 Å². The molecule has 1 aliphatic rings. The third-order valence-corrected chi connectivity index (χ3v) is 3.54. The van der Waals surface area contributed by atoms with E-state index in [1.165, 1.54) is 16.3 Å². The highest BCUT2D eigenvalue weighted by Gasteiger charge is 2.31. The molecule has 1 fully saturated rings. The van der Waals surface area contributed by atoms with Crippen LogP contribution in [0.15, 0.2) is 42.5 Å². The van der Waals surface area contributed by atoms with Gasteiger partial charge >= 0.3 is 0 Å². The minimum absolute atomic E-state index is 0.295. The van der Waals surface area contributed by atoms with Gasteiger partial charge in [-0.25, -0.2) is 0 Å². The van der Waals surface area contributed by atoms with Crippen LogP contribution in [-0.2, 0) is 11.3 Å². The Labute approximate surface area is 107 Å². The first-order valence-electron chi connectivity index (χ1n) is 6.47. The zero-order valence-electron chi connectivity index (χ0n) is 10.6. The predicted octanol–water partition coefficient (Wildman–Crippen LogP) is 3.21. The largest absolute Gasteiger partial charge is 0.341 e. The van der Waals surface area contributed by atoms with Gasteiger partial charge in [0, 0.05) is 19.5 Å². The van der Waals surface area contributed by atoms with Crippen molar-refractivity contribution in [3.63, 3.8) is 0 Å². The Bertz CT molecular complexity index is 586. The van der Waals surface area contributed by atoms with Crippen LogP contribution in [0.5, 0.6) is 0 Å². The summed E-state index contributed by atoms with van der Waals surface area (Å²) in [5, 5.41) is 2.49. The molecule has 0 unspecified atom stereocenters. The van der Waals surface area contributed by atoms with Crippen molar-refractivity contribution < 1.29 is 4.79 Å². The first-order chi connectivity index (χ1) is 8.74. The van der Waals surface area contributed by atoms with Gasteiger partial charge in [-0.05, 0) is 35.2 Å². The maximum absolute atomic E-state index is 11.9. The standard InChI is InChI=1S/C16H17NO/c1-17(16(18)14-8-9-14)11-12-6-7-13-4-2-3-5-15(13)10-12/h2-7,10,14H,8-9,11H2,1H3. The molecule has 0 N–H and O–H groups in total. The number of nitrogens with zero attached hydrogens (tertiary/aromatic N) is 1. The molecule has 2 heteroatoms. The summed E-state index contributed by atoms with van der Waals surface area (Å²) in [6.45, 7) is 0.708. The fourth-order valence-corrected chi connectivity index (χ4v) is 2.33. The second kappa shape index (κ2) is 4.45. The summed E-state index contributed by atoms with van der Waals surface area (Å²) in [6, 6.07) is 14.7. The summed E-state index contributed by atoms with van der Waals surface area (Å²) in [4.78, 5) is 13.7. The Balaban J connectivity index is 1.79. The van der Waals surface area contributed by atoms with Crippen LogP contribution in [-0.4, -0.2) is 17.9 Å². The lowest BCUT2D eigenvalue weighted by molar-refractivity contribution is -0.131. The van der Waals surface area contributed by atoms with E-state index in [0.29, 0.717) is 18.4 Å². The lowest BCUT2D eigenvalue weighted by atomic mass is 10.1. The highest BCUT2D eigenvalue weighted by atomic mass is 16.2. The van der Waals surface area contributed by atoms with Crippen molar-refractivity contribution in [2.75, 3.05) is 7.05 Å². The normalized spacial score (nSPS) is 14.7. The van der Waals surface area contributed by atoms with Crippen LogP contribution < -0.4 is 0 Å². The number of hydrogen-bond acceptors (Lipinski definition) is 1. The van der Waals surface area contributed by atoms with E-state index in [1.54, 1.807) is 0 Å². The molecule has 0 spiro atoms. The van der Waals surface area contributed by atoms with Crippen LogP contribution in [0.1, 0.15) is 18.4 Å². The van der Waals surface area contributed by atoms with E-state index in [9.17, 15) is 4.79 Å². The van der Waals surface area contributed by atoms with E-state index < -0.39 is 0 Å². The molecule has 1 amide bonds. The maximum Gasteiger partial charge on any atom is 0.225 e. The summed E-state index contributed by atoms with van der Waals surface area (Å²) >= 11 is 0. The Morgan fingerprint density at radius 3 is 2.61 bits per heavy atom. The van der Waals surface area contributed by atoms with Crippen molar-refractivity contribution in [1.82, 2.24) is 4.90 Å². The molecule has 0 saturated heterocycles. The van der Waals surface area contributed by atoms with Crippen molar-refractivity contribution in [1.29, 1.82) is 0 Å². The van der Waals surface area contributed by atoms with Crippen LogP contribution in [0.2, 0.25) is 0 Å². The van der Waals surface area contributed by atoms with E-state index in [4.69, 9.17) is 0 Å². The van der Waals surface area contributed by atoms with Crippen molar-refractivity contribution in [3.05, 3.63) is 48.0 Å². The Morgan fingerprint density at radius 2 is 1.89 bits per heavy atom. The molecule has 0 atom stereocenters. The van der Waals surface area contributed by atoms with Crippen LogP contribution in [0, 0.1) is 5.92 Å². The van der Waals surface area contributed by atoms with Gasteiger partial charge in [0.15, 0.2) is 0 Å². The van der Waals surface area contributed by atoms with Crippen LogP contribution in [0.4, 0.5) is 0 Å². The first kappa shape index (κ1) is 11.3. The van der Waals surface area contributed by atoms with Crippen LogP contribution in [0.3, 0.4) is 0 Å². The third-order valence-electron chi connectivity index (χ3n) is 3.54. The van der Waals surface area contributed by atoms with Gasteiger partial charge in [0.25, 0.3) is 0 Å². The van der Waals surface area contributed by atoms with Gasteiger partial charge < -0.3 is 4.90 Å². The summed E-state index contributed by atoms with van der Waals surface area (Å²) in [7, 11) is 1.90. The topological polar surface area (TPSA) is 20.3 Å². The molecule has 1 saturated carbocycles. The second-order valence-electron chi connectivity index (χ2n) is 5.15. The Morgan fingerprint density at radius 1 is 1.17 bits per heavy atom. The van der Waals surface area contributed by atoms with Crippen molar-refractivity contribution in [2.45, 2.75) is 19.4 Å². The molecule has 0 aromatic heterocycles. The summed E-state index contributed by atoms with van der Waals surface area (Å²) in [5.41, 5.74) is 1.20. The number of carbonyl (C=O) groups excluding carboxylic acids is 1. The van der Waals surface area contributed by atoms with Gasteiger partial charge in [0.05, 0.1) is 0 Å². The zero-order valence-corrected chi connectivity index (χ0v) is 10.6. The lowest BCUT2D eigenvalue weighted by Crippen LogP contribution is -2.27. The number of amides is 1. The molecular formula is C16H17NO. The quantitative estimate of drug-likeness (QED) is 0.805. The molecule has 2 nitrogen and oxygen atoms in total. The van der Waals surface area contributed by atoms with Crippen LogP contribution in [0.25, 0.3) is 10.8 Å². The van der Waals surface area contributed by atoms with Gasteiger partial charge in [-0.15, -0.1) is 0 Å². The van der Waals surface area contributed by atoms with E-state index in [-0.39, 0.29) is 0 Å². The van der Waals surface area contributed by atoms with Crippen molar-refractivity contribution >= 4 is 16.7 Å². The smallest absolute Gasteiger partial charge is 0.225 e. The molecule has 2 aromatic carbocycles. The minimum Gasteiger partial charge on any atom is -0.341 e.